The second-order valence-corrected chi connectivity index (χ2v) is 23.2. The van der Waals surface area contributed by atoms with Crippen LogP contribution in [0.2, 0.25) is 0 Å². The maximum atomic E-state index is 14.8. The summed E-state index contributed by atoms with van der Waals surface area (Å²) in [6.07, 6.45) is -12.4. The molecule has 2 saturated heterocycles. The Balaban J connectivity index is 1.22. The Hall–Kier alpha value is -7.43. The highest BCUT2D eigenvalue weighted by atomic mass is 16.5. The summed E-state index contributed by atoms with van der Waals surface area (Å²) in [5, 5.41) is 109. The molecule has 25 nitrogen and oxygen atoms in total. The molecule has 2 aliphatic heterocycles. The molecule has 7 rings (SSSR count). The van der Waals surface area contributed by atoms with E-state index in [-0.39, 0.29) is 43.1 Å². The Morgan fingerprint density at radius 3 is 1.83 bits per heavy atom. The number of nitrogens with zero attached hydrogens (tertiary/aromatic N) is 1. The zero-order valence-corrected chi connectivity index (χ0v) is 49.8. The normalized spacial score (nSPS) is 27.3. The third-order valence-corrected chi connectivity index (χ3v) is 16.5. The van der Waals surface area contributed by atoms with Crippen LogP contribution in [0, 0.1) is 17.8 Å². The number of carbonyl (C=O) groups is 7. The van der Waals surface area contributed by atoms with Gasteiger partial charge in [-0.15, -0.1) is 0 Å². The molecule has 0 spiro atoms. The van der Waals surface area contributed by atoms with Crippen molar-refractivity contribution in [2.45, 2.75) is 145 Å². The lowest BCUT2D eigenvalue weighted by atomic mass is 9.85. The quantitative estimate of drug-likeness (QED) is 0.0482. The van der Waals surface area contributed by atoms with Gasteiger partial charge in [0.25, 0.3) is 5.91 Å². The number of phenolic OH excluding ortho intramolecular Hbond substituents is 1. The highest BCUT2D eigenvalue weighted by Crippen LogP contribution is 2.36. The molecule has 478 valence electrons. The van der Waals surface area contributed by atoms with Gasteiger partial charge in [0.2, 0.25) is 29.5 Å². The molecule has 17 N–H and O–H groups in total. The number of unbranched alkanes of at least 4 members (excludes halogenated alkanes) is 2. The van der Waals surface area contributed by atoms with Crippen LogP contribution in [0.15, 0.2) is 97.1 Å². The number of amides is 6. The maximum Gasteiger partial charge on any atom is 0.251 e. The van der Waals surface area contributed by atoms with Crippen LogP contribution in [-0.4, -0.2) is 199 Å². The summed E-state index contributed by atoms with van der Waals surface area (Å²) in [5.41, 5.74) is 9.19. The molecule has 2 heterocycles. The van der Waals surface area contributed by atoms with Crippen LogP contribution in [0.25, 0.3) is 22.3 Å². The first-order chi connectivity index (χ1) is 42.0. The van der Waals surface area contributed by atoms with Gasteiger partial charge in [-0.25, -0.2) is 0 Å². The minimum atomic E-state index is -2.27. The number of aliphatic hydroxyl groups excluding tert-OH is 7. The van der Waals surface area contributed by atoms with E-state index in [2.05, 4.69) is 44.1 Å². The van der Waals surface area contributed by atoms with Gasteiger partial charge in [0.05, 0.1) is 43.0 Å². The Morgan fingerprint density at radius 1 is 0.670 bits per heavy atom. The Morgan fingerprint density at radius 2 is 1.24 bits per heavy atom. The van der Waals surface area contributed by atoms with E-state index >= 15 is 0 Å². The van der Waals surface area contributed by atoms with E-state index in [1.165, 1.54) is 50.2 Å². The zero-order chi connectivity index (χ0) is 63.9. The standard InChI is InChI=1S/C63H85N9O16/c1-5-6-7-28-88-44-22-18-39(19-23-44)37-10-8-36(9-11-37)38-12-14-41(15-13-38)58(82)67-47-31-48(77)57(66-27-26-65-25-24-64)71-62(86)52-53(78)33(2)32-72(52)63(87)50(35(4)74)69-61(85)51(56(81)54(79)40-16-20-42(75)21-17-40)70-59(83)46-30-43(76)29-45(46)55(80)49(34(3)73)68-60(47)84/h8-23,33-35,43,45-54,56-57,65-66,73-79,81H,5-7,24-32,64H2,1-4H3,(H,67,82)(H,68,84)(H,69,85)(H,70,83)(H,71,86)/t33-,34+,35+,43-,45?,46?,47-,48+,49?,50?,51?,52?,53-,54-,56-,57?/m0/s1. The molecule has 16 atom stereocenters. The van der Waals surface area contributed by atoms with Crippen LogP contribution in [-0.2, 0) is 28.8 Å². The van der Waals surface area contributed by atoms with Gasteiger partial charge in [0, 0.05) is 56.5 Å². The van der Waals surface area contributed by atoms with Crippen molar-refractivity contribution in [3.05, 3.63) is 108 Å². The maximum absolute atomic E-state index is 14.8. The number of nitrogens with one attached hydrogen (secondary N) is 7. The Labute approximate surface area is 510 Å². The molecule has 88 heavy (non-hydrogen) atoms. The predicted octanol–water partition coefficient (Wildman–Crippen LogP) is -0.787. The van der Waals surface area contributed by atoms with Gasteiger partial charge < -0.3 is 88.1 Å². The van der Waals surface area contributed by atoms with E-state index < -0.39 is 157 Å². The fourth-order valence-electron chi connectivity index (χ4n) is 11.4. The lowest BCUT2D eigenvalue weighted by Crippen LogP contribution is -2.64. The molecule has 1 aliphatic carbocycles. The molecule has 3 aliphatic rings. The third kappa shape index (κ3) is 17.2. The summed E-state index contributed by atoms with van der Waals surface area (Å²) in [4.78, 5) is 103. The summed E-state index contributed by atoms with van der Waals surface area (Å²) in [6, 6.07) is 17.2. The molecule has 1 saturated carbocycles. The van der Waals surface area contributed by atoms with Crippen molar-refractivity contribution in [3.8, 4) is 33.8 Å². The van der Waals surface area contributed by atoms with Gasteiger partial charge in [-0.1, -0.05) is 87.4 Å². The minimum Gasteiger partial charge on any atom is -0.508 e. The molecular formula is C63H85N9O16. The number of ketones is 1. The van der Waals surface area contributed by atoms with Gasteiger partial charge in [0.15, 0.2) is 5.78 Å². The lowest BCUT2D eigenvalue weighted by Gasteiger charge is -2.34. The number of hydrogen-bond donors (Lipinski definition) is 16. The summed E-state index contributed by atoms with van der Waals surface area (Å²) in [6.45, 7) is 7.18. The number of rotatable bonds is 20. The van der Waals surface area contributed by atoms with Crippen molar-refractivity contribution >= 4 is 41.2 Å². The molecule has 7 unspecified atom stereocenters. The first kappa shape index (κ1) is 68.1. The number of phenols is 1. The van der Waals surface area contributed by atoms with Gasteiger partial charge in [-0.3, -0.25) is 38.9 Å². The summed E-state index contributed by atoms with van der Waals surface area (Å²) < 4.78 is 5.87. The summed E-state index contributed by atoms with van der Waals surface area (Å²) in [7, 11) is 0. The average Bonchev–Trinajstić information content (AvgIpc) is 2.10. The van der Waals surface area contributed by atoms with Gasteiger partial charge in [0.1, 0.15) is 60.1 Å². The van der Waals surface area contributed by atoms with Crippen molar-refractivity contribution in [1.82, 2.24) is 42.1 Å². The highest BCUT2D eigenvalue weighted by Gasteiger charge is 2.51. The van der Waals surface area contributed by atoms with Crippen LogP contribution in [0.4, 0.5) is 0 Å². The van der Waals surface area contributed by atoms with Crippen LogP contribution in [0.3, 0.4) is 0 Å². The predicted molar refractivity (Wildman–Crippen MR) is 322 cm³/mol. The van der Waals surface area contributed by atoms with Crippen LogP contribution in [0.1, 0.15) is 88.2 Å². The molecule has 0 aromatic heterocycles. The first-order valence-corrected chi connectivity index (χ1v) is 30.0. The minimum absolute atomic E-state index is 0.0265. The molecule has 0 bridgehead atoms. The molecule has 0 radical (unpaired) electrons. The SMILES string of the molecule is CCCCCOc1ccc(-c2ccc(-c3ccc(C(=O)N[C@H]4C[C@@H](O)C(NCCNCCN)NC(=O)C5[C@@H](O)[C@@H](C)CN5C(=O)C([C@@H](C)O)NC(=O)C([C@H](O)[C@@H](O)c5ccc(O)cc5)NC(=O)C5C[C@@H](O)CC5C(=O)C([C@@H](C)O)NC4=O)cc3)cc2)cc1. The van der Waals surface area contributed by atoms with E-state index in [1.807, 2.05) is 48.5 Å². The number of aromatic hydroxyl groups is 1. The molecular weight excluding hydrogens is 1140 g/mol. The van der Waals surface area contributed by atoms with Gasteiger partial charge in [-0.2, -0.15) is 0 Å². The number of fused-ring (bicyclic) bond motifs is 2. The zero-order valence-electron chi connectivity index (χ0n) is 49.8. The number of ether oxygens (including phenoxy) is 1. The first-order valence-electron chi connectivity index (χ1n) is 30.0. The second kappa shape index (κ2) is 31.7. The van der Waals surface area contributed by atoms with E-state index in [9.17, 15) is 74.4 Å². The Kier molecular flexibility index (Phi) is 24.5. The molecule has 3 fully saturated rings. The molecule has 4 aromatic rings. The largest absolute Gasteiger partial charge is 0.508 e. The van der Waals surface area contributed by atoms with E-state index in [0.717, 1.165) is 59.1 Å². The van der Waals surface area contributed by atoms with E-state index in [4.69, 9.17) is 10.5 Å². The topological polar surface area (TPSA) is 404 Å². The lowest BCUT2D eigenvalue weighted by molar-refractivity contribution is -0.147. The van der Waals surface area contributed by atoms with Crippen molar-refractivity contribution in [2.75, 3.05) is 39.3 Å². The fraction of sp³-hybridized carbons (Fsp3) is 0.508. The molecule has 4 aromatic carbocycles. The molecule has 25 heteroatoms. The number of benzene rings is 4. The average molecular weight is 1220 g/mol. The van der Waals surface area contributed by atoms with E-state index in [0.29, 0.717) is 13.2 Å². The third-order valence-electron chi connectivity index (χ3n) is 16.5. The highest BCUT2D eigenvalue weighted by molar-refractivity contribution is 6.01. The summed E-state index contributed by atoms with van der Waals surface area (Å²) >= 11 is 0. The Bertz CT molecular complexity index is 2990. The van der Waals surface area contributed by atoms with Gasteiger partial charge >= 0.3 is 0 Å². The number of aliphatic hydroxyl groups is 7. The van der Waals surface area contributed by atoms with Crippen LogP contribution in [0.5, 0.6) is 11.5 Å². The van der Waals surface area contributed by atoms with Crippen molar-refractivity contribution < 1.29 is 79.2 Å². The fourth-order valence-corrected chi connectivity index (χ4v) is 11.4. The van der Waals surface area contributed by atoms with Crippen LogP contribution >= 0.6 is 0 Å². The number of Topliss-reactive ketones (excluding diaryl/α,β-unsaturated/α-hetero) is 1. The van der Waals surface area contributed by atoms with Crippen molar-refractivity contribution in [1.29, 1.82) is 0 Å². The van der Waals surface area contributed by atoms with Crippen LogP contribution < -0.4 is 47.7 Å². The second-order valence-electron chi connectivity index (χ2n) is 23.2. The number of hydrogen-bond acceptors (Lipinski definition) is 19. The van der Waals surface area contributed by atoms with Crippen molar-refractivity contribution in [2.24, 2.45) is 23.5 Å². The van der Waals surface area contributed by atoms with Gasteiger partial charge in [-0.05, 0) is 97.3 Å². The monoisotopic (exact) mass is 1220 g/mol. The smallest absolute Gasteiger partial charge is 0.251 e. The van der Waals surface area contributed by atoms with E-state index in [1.54, 1.807) is 12.1 Å². The van der Waals surface area contributed by atoms with Crippen molar-refractivity contribution in [3.63, 3.8) is 0 Å². The number of nitrogens with two attached hydrogens (primary N) is 1. The summed E-state index contributed by atoms with van der Waals surface area (Å²) in [5.74, 6) is -10.9. The number of carbonyl (C=O) groups excluding carboxylic acids is 7. The molecule has 6 amide bonds.